The highest BCUT2D eigenvalue weighted by molar-refractivity contribution is 5.94. The van der Waals surface area contributed by atoms with Gasteiger partial charge in [0.05, 0.1) is 17.2 Å². The molecule has 1 saturated heterocycles. The standard InChI is InChI=1S/C27H24FN3O4/c1-17-7-5-11-29-26(17)35-16-19-10-6-12-30(19)24-14-23-20(13-22(24)28)25(32)21(27(33)34)15-31(23)18-8-3-2-4-9-18/h2-5,7-9,11,13-15,19H,6,10,12,16H2,1H3,(H,33,34). The highest BCUT2D eigenvalue weighted by Crippen LogP contribution is 2.32. The van der Waals surface area contributed by atoms with E-state index in [1.807, 2.05) is 42.2 Å². The molecule has 1 aliphatic heterocycles. The number of benzene rings is 2. The maximum atomic E-state index is 15.4. The Balaban J connectivity index is 1.58. The van der Waals surface area contributed by atoms with E-state index < -0.39 is 22.8 Å². The number of nitrogens with zero attached hydrogens (tertiary/aromatic N) is 3. The smallest absolute Gasteiger partial charge is 0.341 e. The molecule has 8 heteroatoms. The lowest BCUT2D eigenvalue weighted by molar-refractivity contribution is 0.0695. The SMILES string of the molecule is Cc1cccnc1OCC1CCCN1c1cc2c(cc1F)c(=O)c(C(=O)O)cn2-c1ccccc1. The summed E-state index contributed by atoms with van der Waals surface area (Å²) in [7, 11) is 0. The quantitative estimate of drug-likeness (QED) is 0.441. The first-order chi connectivity index (χ1) is 16.9. The molecule has 1 fully saturated rings. The number of aromatic nitrogens is 2. The van der Waals surface area contributed by atoms with Gasteiger partial charge in [-0.05, 0) is 50.1 Å². The number of aromatic carboxylic acids is 1. The number of carbonyl (C=O) groups is 1. The summed E-state index contributed by atoms with van der Waals surface area (Å²) in [4.78, 5) is 30.9. The summed E-state index contributed by atoms with van der Waals surface area (Å²) in [6.07, 6.45) is 4.67. The Morgan fingerprint density at radius 2 is 2.00 bits per heavy atom. The molecule has 1 aliphatic rings. The molecule has 1 N–H and O–H groups in total. The Morgan fingerprint density at radius 3 is 2.74 bits per heavy atom. The van der Waals surface area contributed by atoms with E-state index in [-0.39, 0.29) is 11.4 Å². The largest absolute Gasteiger partial charge is 0.477 e. The zero-order valence-electron chi connectivity index (χ0n) is 19.1. The molecule has 0 aliphatic carbocycles. The van der Waals surface area contributed by atoms with Crippen LogP contribution in [-0.2, 0) is 0 Å². The molecule has 1 unspecified atom stereocenters. The van der Waals surface area contributed by atoms with Crippen LogP contribution in [0.25, 0.3) is 16.6 Å². The fourth-order valence-electron chi connectivity index (χ4n) is 4.63. The monoisotopic (exact) mass is 473 g/mol. The maximum Gasteiger partial charge on any atom is 0.341 e. The van der Waals surface area contributed by atoms with Crippen LogP contribution in [0.1, 0.15) is 28.8 Å². The predicted molar refractivity (Wildman–Crippen MR) is 131 cm³/mol. The second kappa shape index (κ2) is 9.21. The number of anilines is 1. The van der Waals surface area contributed by atoms with Gasteiger partial charge in [0.2, 0.25) is 11.3 Å². The number of carboxylic acids is 1. The topological polar surface area (TPSA) is 84.7 Å². The van der Waals surface area contributed by atoms with Gasteiger partial charge in [0.1, 0.15) is 18.0 Å². The Kier molecular flexibility index (Phi) is 5.94. The Hall–Kier alpha value is -4.20. The zero-order chi connectivity index (χ0) is 24.5. The third-order valence-corrected chi connectivity index (χ3v) is 6.40. The lowest BCUT2D eigenvalue weighted by atomic mass is 10.1. The molecule has 4 aromatic rings. The van der Waals surface area contributed by atoms with Crippen LogP contribution in [0.4, 0.5) is 10.1 Å². The van der Waals surface area contributed by atoms with Gasteiger partial charge < -0.3 is 19.3 Å². The van der Waals surface area contributed by atoms with Crippen molar-refractivity contribution in [3.8, 4) is 11.6 Å². The van der Waals surface area contributed by atoms with Gasteiger partial charge in [0.15, 0.2) is 0 Å². The molecule has 0 radical (unpaired) electrons. The normalized spacial score (nSPS) is 15.5. The number of ether oxygens (including phenoxy) is 1. The maximum absolute atomic E-state index is 15.4. The second-order valence-electron chi connectivity index (χ2n) is 8.63. The molecular formula is C27H24FN3O4. The van der Waals surface area contributed by atoms with Crippen LogP contribution in [0.5, 0.6) is 5.88 Å². The van der Waals surface area contributed by atoms with E-state index in [0.29, 0.717) is 35.9 Å². The number of carboxylic acid groups (broad SMARTS) is 1. The van der Waals surface area contributed by atoms with E-state index in [1.165, 1.54) is 6.20 Å². The van der Waals surface area contributed by atoms with Crippen molar-refractivity contribution in [2.24, 2.45) is 0 Å². The van der Waals surface area contributed by atoms with Gasteiger partial charge in [-0.3, -0.25) is 4.79 Å². The van der Waals surface area contributed by atoms with Crippen molar-refractivity contribution >= 4 is 22.6 Å². The summed E-state index contributed by atoms with van der Waals surface area (Å²) in [6.45, 7) is 2.91. The Morgan fingerprint density at radius 1 is 1.20 bits per heavy atom. The predicted octanol–water partition coefficient (Wildman–Crippen LogP) is 4.58. The van der Waals surface area contributed by atoms with Crippen LogP contribution in [0.3, 0.4) is 0 Å². The molecule has 7 nitrogen and oxygen atoms in total. The lowest BCUT2D eigenvalue weighted by Gasteiger charge is -2.28. The first kappa shape index (κ1) is 22.6. The Labute approximate surface area is 201 Å². The minimum atomic E-state index is -1.35. The van der Waals surface area contributed by atoms with E-state index in [0.717, 1.165) is 24.5 Å². The van der Waals surface area contributed by atoms with E-state index >= 15 is 4.39 Å². The molecule has 5 rings (SSSR count). The van der Waals surface area contributed by atoms with Crippen molar-refractivity contribution in [2.75, 3.05) is 18.1 Å². The minimum Gasteiger partial charge on any atom is -0.477 e. The molecule has 0 saturated carbocycles. The van der Waals surface area contributed by atoms with Gasteiger partial charge in [0, 0.05) is 35.6 Å². The molecule has 178 valence electrons. The van der Waals surface area contributed by atoms with Gasteiger partial charge in [-0.1, -0.05) is 24.3 Å². The first-order valence-corrected chi connectivity index (χ1v) is 11.4. The number of halogens is 1. The average molecular weight is 474 g/mol. The molecule has 0 spiro atoms. The summed E-state index contributed by atoms with van der Waals surface area (Å²) in [6, 6.07) is 15.6. The third kappa shape index (κ3) is 4.23. The van der Waals surface area contributed by atoms with Crippen LogP contribution >= 0.6 is 0 Å². The number of aryl methyl sites for hydroxylation is 1. The van der Waals surface area contributed by atoms with E-state index in [1.54, 1.807) is 29.0 Å². The highest BCUT2D eigenvalue weighted by atomic mass is 19.1. The van der Waals surface area contributed by atoms with E-state index in [9.17, 15) is 14.7 Å². The lowest BCUT2D eigenvalue weighted by Crippen LogP contribution is -2.35. The van der Waals surface area contributed by atoms with Gasteiger partial charge >= 0.3 is 5.97 Å². The summed E-state index contributed by atoms with van der Waals surface area (Å²) in [5.41, 5.74) is 1.27. The molecule has 1 atom stereocenters. The van der Waals surface area contributed by atoms with E-state index in [2.05, 4.69) is 4.98 Å². The molecule has 2 aromatic heterocycles. The summed E-state index contributed by atoms with van der Waals surface area (Å²) < 4.78 is 23.0. The number of hydrogen-bond acceptors (Lipinski definition) is 5. The van der Waals surface area contributed by atoms with Crippen molar-refractivity contribution in [3.05, 3.63) is 94.2 Å². The van der Waals surface area contributed by atoms with Gasteiger partial charge in [0.25, 0.3) is 0 Å². The third-order valence-electron chi connectivity index (χ3n) is 6.40. The summed E-state index contributed by atoms with van der Waals surface area (Å²) in [5.74, 6) is -1.37. The summed E-state index contributed by atoms with van der Waals surface area (Å²) in [5, 5.41) is 9.59. The van der Waals surface area contributed by atoms with Crippen molar-refractivity contribution in [1.29, 1.82) is 0 Å². The number of fused-ring (bicyclic) bond motifs is 1. The zero-order valence-corrected chi connectivity index (χ0v) is 19.1. The Bertz CT molecular complexity index is 1470. The van der Waals surface area contributed by atoms with Crippen LogP contribution in [0.2, 0.25) is 0 Å². The number of hydrogen-bond donors (Lipinski definition) is 1. The first-order valence-electron chi connectivity index (χ1n) is 11.4. The van der Waals surface area contributed by atoms with Crippen molar-refractivity contribution < 1.29 is 19.0 Å². The van der Waals surface area contributed by atoms with Gasteiger partial charge in [-0.25, -0.2) is 14.2 Å². The number of para-hydroxylation sites is 1. The molecular weight excluding hydrogens is 449 g/mol. The van der Waals surface area contributed by atoms with Gasteiger partial charge in [-0.2, -0.15) is 0 Å². The fraction of sp³-hybridized carbons (Fsp3) is 0.222. The molecule has 0 bridgehead atoms. The van der Waals surface area contributed by atoms with Crippen molar-refractivity contribution in [2.45, 2.75) is 25.8 Å². The highest BCUT2D eigenvalue weighted by Gasteiger charge is 2.29. The van der Waals surface area contributed by atoms with Crippen molar-refractivity contribution in [3.63, 3.8) is 0 Å². The van der Waals surface area contributed by atoms with Crippen molar-refractivity contribution in [1.82, 2.24) is 9.55 Å². The van der Waals surface area contributed by atoms with Crippen LogP contribution in [-0.4, -0.2) is 39.8 Å². The van der Waals surface area contributed by atoms with Crippen LogP contribution in [0, 0.1) is 12.7 Å². The minimum absolute atomic E-state index is 0.0195. The van der Waals surface area contributed by atoms with Crippen LogP contribution in [0.15, 0.2) is 71.8 Å². The molecule has 2 aromatic carbocycles. The van der Waals surface area contributed by atoms with Crippen LogP contribution < -0.4 is 15.1 Å². The fourth-order valence-corrected chi connectivity index (χ4v) is 4.63. The molecule has 0 amide bonds. The molecule has 3 heterocycles. The van der Waals surface area contributed by atoms with Gasteiger partial charge in [-0.15, -0.1) is 0 Å². The summed E-state index contributed by atoms with van der Waals surface area (Å²) >= 11 is 0. The van der Waals surface area contributed by atoms with E-state index in [4.69, 9.17) is 4.74 Å². The number of pyridine rings is 2. The second-order valence-corrected chi connectivity index (χ2v) is 8.63. The molecule has 35 heavy (non-hydrogen) atoms. The number of rotatable bonds is 6. The average Bonchev–Trinajstić information content (AvgIpc) is 3.32.